The Labute approximate surface area is 146 Å². The van der Waals surface area contributed by atoms with Gasteiger partial charge in [-0.1, -0.05) is 26.0 Å². The van der Waals surface area contributed by atoms with E-state index in [4.69, 9.17) is 4.74 Å². The van der Waals surface area contributed by atoms with Crippen molar-refractivity contribution in [1.29, 1.82) is 0 Å². The van der Waals surface area contributed by atoms with Gasteiger partial charge in [-0.05, 0) is 31.5 Å². The minimum absolute atomic E-state index is 0.115. The predicted octanol–water partition coefficient (Wildman–Crippen LogP) is 2.94. The maximum absolute atomic E-state index is 5.04. The summed E-state index contributed by atoms with van der Waals surface area (Å²) in [5.41, 5.74) is 2.78. The lowest BCUT2D eigenvalue weighted by Crippen LogP contribution is -2.72. The number of nitrogens with zero attached hydrogens (tertiary/aromatic N) is 2. The minimum Gasteiger partial charge on any atom is -0.383 e. The molecule has 0 unspecified atom stereocenters. The summed E-state index contributed by atoms with van der Waals surface area (Å²) in [5, 5.41) is 6.82. The average molecular weight is 332 g/mol. The van der Waals surface area contributed by atoms with Crippen LogP contribution < -0.4 is 10.6 Å². The molecule has 2 rings (SSSR count). The van der Waals surface area contributed by atoms with Gasteiger partial charge >= 0.3 is 0 Å². The van der Waals surface area contributed by atoms with Crippen LogP contribution in [0.25, 0.3) is 0 Å². The number of anilines is 1. The predicted molar refractivity (Wildman–Crippen MR) is 102 cm³/mol. The van der Waals surface area contributed by atoms with Gasteiger partial charge in [0.05, 0.1) is 6.61 Å². The quantitative estimate of drug-likeness (QED) is 0.478. The lowest BCUT2D eigenvalue weighted by molar-refractivity contribution is -0.0667. The van der Waals surface area contributed by atoms with Crippen molar-refractivity contribution in [3.63, 3.8) is 0 Å². The molecule has 0 spiro atoms. The molecular formula is C19H32N4O. The zero-order valence-corrected chi connectivity index (χ0v) is 15.9. The highest BCUT2D eigenvalue weighted by molar-refractivity contribution is 5.82. The molecule has 1 aliphatic rings. The number of guanidine groups is 1. The van der Waals surface area contributed by atoms with Crippen molar-refractivity contribution in [3.05, 3.63) is 29.8 Å². The van der Waals surface area contributed by atoms with Crippen LogP contribution in [0.4, 0.5) is 5.69 Å². The molecule has 0 amide bonds. The van der Waals surface area contributed by atoms with E-state index in [9.17, 15) is 0 Å². The number of likely N-dealkylation sites (tertiary alicyclic amines) is 1. The number of ether oxygens (including phenoxy) is 1. The fraction of sp³-hybridized carbons (Fsp3) is 0.632. The zero-order chi connectivity index (χ0) is 17.8. The molecule has 1 aromatic rings. The third-order valence-electron chi connectivity index (χ3n) is 5.39. The third kappa shape index (κ3) is 3.83. The Bertz CT molecular complexity index is 563. The van der Waals surface area contributed by atoms with E-state index in [0.29, 0.717) is 12.0 Å². The van der Waals surface area contributed by atoms with Crippen LogP contribution in [-0.2, 0) is 11.3 Å². The summed E-state index contributed by atoms with van der Waals surface area (Å²) in [6, 6.07) is 8.49. The van der Waals surface area contributed by atoms with Crippen molar-refractivity contribution in [2.75, 3.05) is 39.2 Å². The van der Waals surface area contributed by atoms with Crippen molar-refractivity contribution in [2.45, 2.75) is 39.8 Å². The number of rotatable bonds is 6. The number of benzene rings is 1. The summed E-state index contributed by atoms with van der Waals surface area (Å²) >= 11 is 0. The van der Waals surface area contributed by atoms with E-state index in [1.807, 2.05) is 7.05 Å². The fourth-order valence-electron chi connectivity index (χ4n) is 2.91. The summed E-state index contributed by atoms with van der Waals surface area (Å²) in [7, 11) is 3.57. The highest BCUT2D eigenvalue weighted by Gasteiger charge is 2.53. The molecule has 0 radical (unpaired) electrons. The van der Waals surface area contributed by atoms with E-state index in [1.165, 1.54) is 5.56 Å². The molecule has 24 heavy (non-hydrogen) atoms. The van der Waals surface area contributed by atoms with Gasteiger partial charge in [0.25, 0.3) is 0 Å². The van der Waals surface area contributed by atoms with Crippen molar-refractivity contribution in [3.8, 4) is 0 Å². The highest BCUT2D eigenvalue weighted by atomic mass is 16.5. The first-order valence-electron chi connectivity index (χ1n) is 8.62. The summed E-state index contributed by atoms with van der Waals surface area (Å²) in [6.45, 7) is 12.5. The van der Waals surface area contributed by atoms with Gasteiger partial charge in [0.2, 0.25) is 0 Å². The molecule has 134 valence electrons. The topological polar surface area (TPSA) is 48.9 Å². The first-order chi connectivity index (χ1) is 11.3. The van der Waals surface area contributed by atoms with E-state index >= 15 is 0 Å². The smallest absolute Gasteiger partial charge is 0.194 e. The second-order valence-electron chi connectivity index (χ2n) is 7.55. The molecule has 5 heteroatoms. The van der Waals surface area contributed by atoms with Gasteiger partial charge in [-0.25, -0.2) is 0 Å². The van der Waals surface area contributed by atoms with Crippen molar-refractivity contribution >= 4 is 11.6 Å². The molecule has 0 atom stereocenters. The molecular weight excluding hydrogens is 300 g/mol. The second-order valence-corrected chi connectivity index (χ2v) is 7.55. The number of hydrogen-bond donors (Lipinski definition) is 2. The standard InChI is InChI=1S/C19H32N4O/c1-18(2)14-23(19(18,3)4)17(20-5)22-13-15-7-9-16(10-8-15)21-11-12-24-6/h7-10,21H,11-14H2,1-6H3,(H,20,22). The Hall–Kier alpha value is -1.75. The second kappa shape index (κ2) is 7.43. The largest absolute Gasteiger partial charge is 0.383 e. The van der Waals surface area contributed by atoms with Crippen LogP contribution in [0, 0.1) is 5.41 Å². The Morgan fingerprint density at radius 2 is 1.88 bits per heavy atom. The molecule has 2 N–H and O–H groups in total. The van der Waals surface area contributed by atoms with E-state index in [1.54, 1.807) is 7.11 Å². The molecule has 0 bridgehead atoms. The Kier molecular flexibility index (Phi) is 5.75. The Morgan fingerprint density at radius 3 is 2.38 bits per heavy atom. The monoisotopic (exact) mass is 332 g/mol. The third-order valence-corrected chi connectivity index (χ3v) is 5.39. The molecule has 1 aliphatic heterocycles. The number of nitrogens with one attached hydrogen (secondary N) is 2. The molecule has 5 nitrogen and oxygen atoms in total. The first-order valence-corrected chi connectivity index (χ1v) is 8.62. The van der Waals surface area contributed by atoms with Gasteiger partial charge in [0.15, 0.2) is 5.96 Å². The van der Waals surface area contributed by atoms with Crippen LogP contribution in [0.1, 0.15) is 33.3 Å². The minimum atomic E-state index is 0.115. The molecule has 0 saturated carbocycles. The van der Waals surface area contributed by atoms with Crippen LogP contribution in [0.5, 0.6) is 0 Å². The zero-order valence-electron chi connectivity index (χ0n) is 15.9. The van der Waals surface area contributed by atoms with E-state index < -0.39 is 0 Å². The van der Waals surface area contributed by atoms with Crippen LogP contribution in [0.3, 0.4) is 0 Å². The molecule has 1 heterocycles. The summed E-state index contributed by atoms with van der Waals surface area (Å²) < 4.78 is 5.04. The summed E-state index contributed by atoms with van der Waals surface area (Å²) in [4.78, 5) is 6.81. The Morgan fingerprint density at radius 1 is 1.21 bits per heavy atom. The molecule has 1 fully saturated rings. The van der Waals surface area contributed by atoms with Gasteiger partial charge in [0, 0.05) is 50.4 Å². The van der Waals surface area contributed by atoms with Crippen LogP contribution >= 0.6 is 0 Å². The maximum atomic E-state index is 5.04. The maximum Gasteiger partial charge on any atom is 0.194 e. The number of hydrogen-bond acceptors (Lipinski definition) is 3. The number of methoxy groups -OCH3 is 1. The van der Waals surface area contributed by atoms with Crippen LogP contribution in [-0.4, -0.2) is 50.3 Å². The van der Waals surface area contributed by atoms with E-state index in [2.05, 4.69) is 72.5 Å². The SMILES string of the molecule is CN=C(NCc1ccc(NCCOC)cc1)N1CC(C)(C)C1(C)C. The van der Waals surface area contributed by atoms with Crippen molar-refractivity contribution < 1.29 is 4.74 Å². The normalized spacial score (nSPS) is 18.9. The average Bonchev–Trinajstić information content (AvgIpc) is 2.56. The fourth-order valence-corrected chi connectivity index (χ4v) is 2.91. The van der Waals surface area contributed by atoms with E-state index in [-0.39, 0.29) is 5.54 Å². The number of aliphatic imine (C=N–C) groups is 1. The van der Waals surface area contributed by atoms with Gasteiger partial charge in [0.1, 0.15) is 0 Å². The Balaban J connectivity index is 1.88. The molecule has 1 saturated heterocycles. The van der Waals surface area contributed by atoms with E-state index in [0.717, 1.165) is 31.3 Å². The lowest BCUT2D eigenvalue weighted by Gasteiger charge is -2.62. The highest BCUT2D eigenvalue weighted by Crippen LogP contribution is 2.46. The van der Waals surface area contributed by atoms with Gasteiger partial charge < -0.3 is 20.3 Å². The molecule has 1 aromatic carbocycles. The first kappa shape index (κ1) is 18.6. The van der Waals surface area contributed by atoms with Gasteiger partial charge in [-0.2, -0.15) is 0 Å². The van der Waals surface area contributed by atoms with Crippen LogP contribution in [0.2, 0.25) is 0 Å². The molecule has 0 aromatic heterocycles. The lowest BCUT2D eigenvalue weighted by atomic mass is 9.65. The van der Waals surface area contributed by atoms with Crippen LogP contribution in [0.15, 0.2) is 29.3 Å². The molecule has 0 aliphatic carbocycles. The van der Waals surface area contributed by atoms with Gasteiger partial charge in [-0.3, -0.25) is 4.99 Å². The van der Waals surface area contributed by atoms with Crippen molar-refractivity contribution in [2.24, 2.45) is 10.4 Å². The summed E-state index contributed by atoms with van der Waals surface area (Å²) in [5.74, 6) is 0.974. The summed E-state index contributed by atoms with van der Waals surface area (Å²) in [6.07, 6.45) is 0. The van der Waals surface area contributed by atoms with Gasteiger partial charge in [-0.15, -0.1) is 0 Å². The van der Waals surface area contributed by atoms with Crippen molar-refractivity contribution in [1.82, 2.24) is 10.2 Å².